The minimum Gasteiger partial charge on any atom is -0.492 e. The third-order valence-corrected chi connectivity index (χ3v) is 4.51. The van der Waals surface area contributed by atoms with Crippen molar-refractivity contribution in [1.82, 2.24) is 4.90 Å². The Bertz CT molecular complexity index is 547. The molecule has 0 bridgehead atoms. The first kappa shape index (κ1) is 13.9. The van der Waals surface area contributed by atoms with Crippen LogP contribution in [-0.2, 0) is 9.59 Å². The molecule has 1 saturated carbocycles. The smallest absolute Gasteiger partial charge is 0.236 e. The average molecular weight is 288 g/mol. The van der Waals surface area contributed by atoms with Gasteiger partial charge in [0.2, 0.25) is 11.8 Å². The maximum Gasteiger partial charge on any atom is 0.236 e. The Hall–Kier alpha value is -2.04. The van der Waals surface area contributed by atoms with E-state index in [0.29, 0.717) is 31.0 Å². The zero-order chi connectivity index (χ0) is 14.9. The van der Waals surface area contributed by atoms with Crippen molar-refractivity contribution in [2.75, 3.05) is 18.9 Å². The summed E-state index contributed by atoms with van der Waals surface area (Å²) in [6, 6.07) is 7.08. The van der Waals surface area contributed by atoms with E-state index in [9.17, 15) is 9.59 Å². The highest BCUT2D eigenvalue weighted by molar-refractivity contribution is 6.06. The summed E-state index contributed by atoms with van der Waals surface area (Å²) in [6.45, 7) is 0.640. The first-order chi connectivity index (χ1) is 10.1. The van der Waals surface area contributed by atoms with Crippen LogP contribution < -0.4 is 10.5 Å². The molecule has 1 heterocycles. The normalized spacial score (nSPS) is 20.5. The third-order valence-electron chi connectivity index (χ3n) is 4.51. The Balaban J connectivity index is 1.56. The van der Waals surface area contributed by atoms with E-state index in [1.54, 1.807) is 24.3 Å². The molecule has 1 aromatic rings. The van der Waals surface area contributed by atoms with Crippen LogP contribution in [-0.4, -0.2) is 29.9 Å². The summed E-state index contributed by atoms with van der Waals surface area (Å²) >= 11 is 0. The fourth-order valence-electron chi connectivity index (χ4n) is 3.35. The SMILES string of the molecule is Nc1ccc(OCCN2C(=O)CC3(CCCC3)C2=O)cc1. The van der Waals surface area contributed by atoms with E-state index in [1.807, 2.05) is 0 Å². The van der Waals surface area contributed by atoms with Gasteiger partial charge in [-0.1, -0.05) is 12.8 Å². The summed E-state index contributed by atoms with van der Waals surface area (Å²) in [7, 11) is 0. The molecule has 2 N–H and O–H groups in total. The zero-order valence-electron chi connectivity index (χ0n) is 12.0. The van der Waals surface area contributed by atoms with Gasteiger partial charge in [-0.2, -0.15) is 0 Å². The van der Waals surface area contributed by atoms with Crippen LogP contribution in [0, 0.1) is 5.41 Å². The summed E-state index contributed by atoms with van der Waals surface area (Å²) in [5, 5.41) is 0. The quantitative estimate of drug-likeness (QED) is 0.679. The van der Waals surface area contributed by atoms with Gasteiger partial charge in [0.1, 0.15) is 12.4 Å². The summed E-state index contributed by atoms with van der Waals surface area (Å²) in [5.41, 5.74) is 5.89. The van der Waals surface area contributed by atoms with Gasteiger partial charge in [-0.15, -0.1) is 0 Å². The Morgan fingerprint density at radius 1 is 1.14 bits per heavy atom. The molecule has 0 aromatic heterocycles. The molecule has 5 heteroatoms. The molecule has 1 aromatic carbocycles. The summed E-state index contributed by atoms with van der Waals surface area (Å²) in [5.74, 6) is 0.646. The van der Waals surface area contributed by atoms with Crippen LogP contribution in [0.3, 0.4) is 0 Å². The van der Waals surface area contributed by atoms with Gasteiger partial charge < -0.3 is 10.5 Å². The van der Waals surface area contributed by atoms with Crippen LogP contribution >= 0.6 is 0 Å². The summed E-state index contributed by atoms with van der Waals surface area (Å²) in [6.07, 6.45) is 4.19. The Kier molecular flexibility index (Phi) is 3.57. The van der Waals surface area contributed by atoms with Gasteiger partial charge in [0.05, 0.1) is 12.0 Å². The molecule has 0 unspecified atom stereocenters. The fourth-order valence-corrected chi connectivity index (χ4v) is 3.35. The van der Waals surface area contributed by atoms with Gasteiger partial charge in [-0.05, 0) is 37.1 Å². The lowest BCUT2D eigenvalue weighted by Crippen LogP contribution is -2.37. The number of ether oxygens (including phenoxy) is 1. The molecule has 0 radical (unpaired) electrons. The fraction of sp³-hybridized carbons (Fsp3) is 0.500. The highest BCUT2D eigenvalue weighted by Gasteiger charge is 2.52. The number of benzene rings is 1. The van der Waals surface area contributed by atoms with Gasteiger partial charge in [-0.25, -0.2) is 0 Å². The number of hydrogen-bond donors (Lipinski definition) is 1. The molecule has 1 aliphatic heterocycles. The first-order valence-electron chi connectivity index (χ1n) is 7.44. The molecular formula is C16H20N2O3. The second kappa shape index (κ2) is 5.39. The largest absolute Gasteiger partial charge is 0.492 e. The van der Waals surface area contributed by atoms with Crippen molar-refractivity contribution in [3.8, 4) is 5.75 Å². The van der Waals surface area contributed by atoms with Crippen LogP contribution in [0.4, 0.5) is 5.69 Å². The number of anilines is 1. The number of carbonyl (C=O) groups excluding carboxylic acids is 2. The lowest BCUT2D eigenvalue weighted by Gasteiger charge is -2.20. The molecule has 1 spiro atoms. The Morgan fingerprint density at radius 3 is 2.48 bits per heavy atom. The van der Waals surface area contributed by atoms with E-state index in [-0.39, 0.29) is 11.8 Å². The number of carbonyl (C=O) groups is 2. The van der Waals surface area contributed by atoms with E-state index in [4.69, 9.17) is 10.5 Å². The average Bonchev–Trinajstić information content (AvgIpc) is 3.02. The summed E-state index contributed by atoms with van der Waals surface area (Å²) < 4.78 is 5.57. The van der Waals surface area contributed by atoms with E-state index in [0.717, 1.165) is 25.7 Å². The molecule has 5 nitrogen and oxygen atoms in total. The van der Waals surface area contributed by atoms with Crippen molar-refractivity contribution < 1.29 is 14.3 Å². The number of imide groups is 1. The molecule has 2 aliphatic rings. The standard InChI is InChI=1S/C16H20N2O3/c17-12-3-5-13(6-4-12)21-10-9-18-14(19)11-16(15(18)20)7-1-2-8-16/h3-6H,1-2,7-11,17H2. The van der Waals surface area contributed by atoms with E-state index < -0.39 is 5.41 Å². The number of nitrogens with two attached hydrogens (primary N) is 1. The van der Waals surface area contributed by atoms with Crippen LogP contribution in [0.5, 0.6) is 5.75 Å². The number of nitrogen functional groups attached to an aromatic ring is 1. The molecule has 2 amide bonds. The first-order valence-corrected chi connectivity index (χ1v) is 7.44. The maximum atomic E-state index is 12.5. The van der Waals surface area contributed by atoms with Gasteiger partial charge in [-0.3, -0.25) is 14.5 Å². The molecule has 2 fully saturated rings. The second-order valence-electron chi connectivity index (χ2n) is 5.93. The number of hydrogen-bond acceptors (Lipinski definition) is 4. The van der Waals surface area contributed by atoms with Crippen molar-refractivity contribution in [1.29, 1.82) is 0 Å². The predicted molar refractivity (Wildman–Crippen MR) is 78.6 cm³/mol. The molecule has 1 saturated heterocycles. The van der Waals surface area contributed by atoms with Crippen LogP contribution in [0.1, 0.15) is 32.1 Å². The summed E-state index contributed by atoms with van der Waals surface area (Å²) in [4.78, 5) is 25.9. The molecule has 112 valence electrons. The zero-order valence-corrected chi connectivity index (χ0v) is 12.0. The maximum absolute atomic E-state index is 12.5. The monoisotopic (exact) mass is 288 g/mol. The van der Waals surface area contributed by atoms with Gasteiger partial charge >= 0.3 is 0 Å². The number of rotatable bonds is 4. The van der Waals surface area contributed by atoms with E-state index in [2.05, 4.69) is 0 Å². The van der Waals surface area contributed by atoms with Crippen LogP contribution in [0.25, 0.3) is 0 Å². The molecule has 21 heavy (non-hydrogen) atoms. The second-order valence-corrected chi connectivity index (χ2v) is 5.93. The predicted octanol–water partition coefficient (Wildman–Crippen LogP) is 1.97. The lowest BCUT2D eigenvalue weighted by atomic mass is 9.84. The van der Waals surface area contributed by atoms with Crippen molar-refractivity contribution in [3.05, 3.63) is 24.3 Å². The van der Waals surface area contributed by atoms with Crippen LogP contribution in [0.15, 0.2) is 24.3 Å². The van der Waals surface area contributed by atoms with E-state index >= 15 is 0 Å². The molecular weight excluding hydrogens is 268 g/mol. The third kappa shape index (κ3) is 2.60. The minimum absolute atomic E-state index is 0.00547. The molecule has 3 rings (SSSR count). The van der Waals surface area contributed by atoms with E-state index in [1.165, 1.54) is 4.90 Å². The van der Waals surface area contributed by atoms with Crippen molar-refractivity contribution in [2.45, 2.75) is 32.1 Å². The highest BCUT2D eigenvalue weighted by atomic mass is 16.5. The number of nitrogens with zero attached hydrogens (tertiary/aromatic N) is 1. The van der Waals surface area contributed by atoms with Crippen molar-refractivity contribution in [2.24, 2.45) is 5.41 Å². The Morgan fingerprint density at radius 2 is 1.81 bits per heavy atom. The minimum atomic E-state index is -0.391. The number of likely N-dealkylation sites (tertiary alicyclic amines) is 1. The molecule has 1 aliphatic carbocycles. The van der Waals surface area contributed by atoms with Crippen molar-refractivity contribution in [3.63, 3.8) is 0 Å². The number of amides is 2. The van der Waals surface area contributed by atoms with Crippen LogP contribution in [0.2, 0.25) is 0 Å². The Labute approximate surface area is 124 Å². The van der Waals surface area contributed by atoms with Gasteiger partial charge in [0.15, 0.2) is 0 Å². The highest BCUT2D eigenvalue weighted by Crippen LogP contribution is 2.46. The topological polar surface area (TPSA) is 72.6 Å². The molecule has 0 atom stereocenters. The van der Waals surface area contributed by atoms with Crippen molar-refractivity contribution >= 4 is 17.5 Å². The van der Waals surface area contributed by atoms with Gasteiger partial charge in [0.25, 0.3) is 0 Å². The van der Waals surface area contributed by atoms with Gasteiger partial charge in [0, 0.05) is 12.1 Å². The lowest BCUT2D eigenvalue weighted by molar-refractivity contribution is -0.141.